The zero-order valence-corrected chi connectivity index (χ0v) is 17.9. The van der Waals surface area contributed by atoms with Crippen LogP contribution in [0.25, 0.3) is 17.3 Å². The van der Waals surface area contributed by atoms with Crippen LogP contribution in [-0.4, -0.2) is 23.5 Å². The molecule has 0 amide bonds. The fraction of sp³-hybridized carbons (Fsp3) is 0.0909. The van der Waals surface area contributed by atoms with Gasteiger partial charge in [0.2, 0.25) is 0 Å². The molecule has 0 saturated carbocycles. The summed E-state index contributed by atoms with van der Waals surface area (Å²) < 4.78 is 12.7. The highest BCUT2D eigenvalue weighted by molar-refractivity contribution is 9.10. The number of benzene rings is 2. The first kappa shape index (κ1) is 21.4. The van der Waals surface area contributed by atoms with Crippen molar-refractivity contribution >= 4 is 33.4 Å². The lowest BCUT2D eigenvalue weighted by molar-refractivity contribution is 0.327. The van der Waals surface area contributed by atoms with Gasteiger partial charge in [-0.25, -0.2) is 4.68 Å². The highest BCUT2D eigenvalue weighted by Gasteiger charge is 2.20. The Kier molecular flexibility index (Phi) is 6.57. The highest BCUT2D eigenvalue weighted by atomic mass is 79.9. The lowest BCUT2D eigenvalue weighted by Gasteiger charge is -2.11. The van der Waals surface area contributed by atoms with Crippen LogP contribution in [0.4, 0.5) is 5.82 Å². The standard InChI is InChI=1S/C22H15BrN6O2/c1-30-19-11-14(10-18(23)21(19)31-8-7-24)9-15(12-25)20-17(13-26)22(27)29(28-20)16-5-3-2-4-6-16/h2-6,9-11H,8,27H2,1H3/b15-9+. The number of aromatic nitrogens is 2. The van der Waals surface area contributed by atoms with E-state index in [2.05, 4.69) is 27.1 Å². The van der Waals surface area contributed by atoms with Crippen LogP contribution in [0.3, 0.4) is 0 Å². The van der Waals surface area contributed by atoms with Crippen molar-refractivity contribution in [3.05, 3.63) is 63.8 Å². The van der Waals surface area contributed by atoms with Crippen molar-refractivity contribution in [2.24, 2.45) is 0 Å². The third-order valence-corrected chi connectivity index (χ3v) is 4.84. The second-order valence-corrected chi connectivity index (χ2v) is 6.97. The molecular weight excluding hydrogens is 460 g/mol. The summed E-state index contributed by atoms with van der Waals surface area (Å²) in [6.07, 6.45) is 1.57. The Morgan fingerprint density at radius 3 is 2.58 bits per heavy atom. The maximum absolute atomic E-state index is 9.78. The van der Waals surface area contributed by atoms with Crippen molar-refractivity contribution in [3.8, 4) is 35.4 Å². The summed E-state index contributed by atoms with van der Waals surface area (Å²) in [5.41, 5.74) is 7.84. The van der Waals surface area contributed by atoms with Gasteiger partial charge in [-0.05, 0) is 51.8 Å². The zero-order valence-electron chi connectivity index (χ0n) is 16.3. The van der Waals surface area contributed by atoms with Gasteiger partial charge in [-0.3, -0.25) is 0 Å². The lowest BCUT2D eigenvalue weighted by atomic mass is 10.1. The molecule has 9 heteroatoms. The Labute approximate surface area is 187 Å². The van der Waals surface area contributed by atoms with Crippen molar-refractivity contribution in [1.29, 1.82) is 15.8 Å². The Hall–Kier alpha value is -4.26. The summed E-state index contributed by atoms with van der Waals surface area (Å²) >= 11 is 3.39. The van der Waals surface area contributed by atoms with E-state index in [-0.39, 0.29) is 29.3 Å². The number of anilines is 1. The summed E-state index contributed by atoms with van der Waals surface area (Å²) in [5.74, 6) is 0.891. The first-order chi connectivity index (χ1) is 15.0. The third kappa shape index (κ3) is 4.35. The molecule has 0 aliphatic heterocycles. The summed E-state index contributed by atoms with van der Waals surface area (Å²) in [7, 11) is 1.47. The largest absolute Gasteiger partial charge is 0.493 e. The number of methoxy groups -OCH3 is 1. The maximum atomic E-state index is 9.78. The Bertz CT molecular complexity index is 1280. The van der Waals surface area contributed by atoms with E-state index in [0.29, 0.717) is 27.2 Å². The van der Waals surface area contributed by atoms with Crippen LogP contribution in [0.15, 0.2) is 46.9 Å². The Morgan fingerprint density at radius 1 is 1.23 bits per heavy atom. The van der Waals surface area contributed by atoms with Crippen LogP contribution in [0.1, 0.15) is 16.8 Å². The van der Waals surface area contributed by atoms with E-state index in [1.807, 2.05) is 30.3 Å². The van der Waals surface area contributed by atoms with E-state index in [4.69, 9.17) is 20.5 Å². The predicted molar refractivity (Wildman–Crippen MR) is 118 cm³/mol. The van der Waals surface area contributed by atoms with Gasteiger partial charge in [-0.1, -0.05) is 18.2 Å². The van der Waals surface area contributed by atoms with Gasteiger partial charge in [-0.15, -0.1) is 0 Å². The van der Waals surface area contributed by atoms with Gasteiger partial charge >= 0.3 is 0 Å². The number of nitriles is 3. The number of rotatable bonds is 6. The molecule has 0 unspecified atom stereocenters. The highest BCUT2D eigenvalue weighted by Crippen LogP contribution is 2.38. The van der Waals surface area contributed by atoms with Gasteiger partial charge < -0.3 is 15.2 Å². The van der Waals surface area contributed by atoms with Gasteiger partial charge in [0.1, 0.15) is 35.3 Å². The number of para-hydroxylation sites is 1. The smallest absolute Gasteiger partial charge is 0.176 e. The molecule has 8 nitrogen and oxygen atoms in total. The minimum Gasteiger partial charge on any atom is -0.493 e. The molecular formula is C22H15BrN6O2. The van der Waals surface area contributed by atoms with Crippen LogP contribution >= 0.6 is 15.9 Å². The Balaban J connectivity index is 2.12. The molecule has 3 rings (SSSR count). The molecule has 31 heavy (non-hydrogen) atoms. The van der Waals surface area contributed by atoms with Crippen molar-refractivity contribution in [1.82, 2.24) is 9.78 Å². The topological polar surface area (TPSA) is 134 Å². The minimum absolute atomic E-state index is 0.108. The molecule has 0 aliphatic rings. The minimum atomic E-state index is -0.144. The number of nitrogens with two attached hydrogens (primary N) is 1. The van der Waals surface area contributed by atoms with Crippen molar-refractivity contribution in [3.63, 3.8) is 0 Å². The fourth-order valence-electron chi connectivity index (χ4n) is 2.88. The Morgan fingerprint density at radius 2 is 1.97 bits per heavy atom. The van der Waals surface area contributed by atoms with Crippen LogP contribution in [0, 0.1) is 34.0 Å². The second-order valence-electron chi connectivity index (χ2n) is 6.12. The van der Waals surface area contributed by atoms with E-state index in [0.717, 1.165) is 0 Å². The first-order valence-corrected chi connectivity index (χ1v) is 9.66. The fourth-order valence-corrected chi connectivity index (χ4v) is 3.46. The molecule has 3 aromatic rings. The summed E-state index contributed by atoms with van der Waals surface area (Å²) in [5, 5.41) is 32.6. The molecule has 2 N–H and O–H groups in total. The van der Waals surface area contributed by atoms with Crippen LogP contribution < -0.4 is 15.2 Å². The number of allylic oxidation sites excluding steroid dienone is 1. The molecule has 1 heterocycles. The molecule has 152 valence electrons. The number of halogens is 1. The normalized spacial score (nSPS) is 10.6. The van der Waals surface area contributed by atoms with Crippen LogP contribution in [-0.2, 0) is 0 Å². The molecule has 1 aromatic heterocycles. The average Bonchev–Trinajstić information content (AvgIpc) is 3.12. The number of hydrogen-bond donors (Lipinski definition) is 1. The van der Waals surface area contributed by atoms with Crippen molar-refractivity contribution in [2.45, 2.75) is 0 Å². The SMILES string of the molecule is COc1cc(/C=C(\C#N)c2nn(-c3ccccc3)c(N)c2C#N)cc(Br)c1OCC#N. The van der Waals surface area contributed by atoms with E-state index in [9.17, 15) is 10.5 Å². The summed E-state index contributed by atoms with van der Waals surface area (Å²) in [6, 6.07) is 18.5. The van der Waals surface area contributed by atoms with Crippen molar-refractivity contribution < 1.29 is 9.47 Å². The van der Waals surface area contributed by atoms with Gasteiger partial charge in [0.05, 0.1) is 22.8 Å². The summed E-state index contributed by atoms with van der Waals surface area (Å²) in [6.45, 7) is -0.144. The van der Waals surface area contributed by atoms with Gasteiger partial charge in [-0.2, -0.15) is 20.9 Å². The van der Waals surface area contributed by atoms with E-state index in [1.54, 1.807) is 30.3 Å². The van der Waals surface area contributed by atoms with E-state index < -0.39 is 0 Å². The average molecular weight is 475 g/mol. The summed E-state index contributed by atoms with van der Waals surface area (Å²) in [4.78, 5) is 0. The lowest BCUT2D eigenvalue weighted by Crippen LogP contribution is -2.02. The molecule has 0 atom stereocenters. The van der Waals surface area contributed by atoms with E-state index in [1.165, 1.54) is 11.8 Å². The molecule has 0 fully saturated rings. The van der Waals surface area contributed by atoms with Crippen molar-refractivity contribution in [2.75, 3.05) is 19.5 Å². The molecule has 0 bridgehead atoms. The first-order valence-electron chi connectivity index (χ1n) is 8.87. The van der Waals surface area contributed by atoms with Gasteiger partial charge in [0, 0.05) is 0 Å². The van der Waals surface area contributed by atoms with Crippen LogP contribution in [0.5, 0.6) is 11.5 Å². The van der Waals surface area contributed by atoms with Crippen LogP contribution in [0.2, 0.25) is 0 Å². The molecule has 2 aromatic carbocycles. The monoisotopic (exact) mass is 474 g/mol. The molecule has 0 radical (unpaired) electrons. The molecule has 0 spiro atoms. The number of nitrogens with zero attached hydrogens (tertiary/aromatic N) is 5. The number of ether oxygens (including phenoxy) is 2. The van der Waals surface area contributed by atoms with Gasteiger partial charge in [0.25, 0.3) is 0 Å². The third-order valence-electron chi connectivity index (χ3n) is 4.25. The van der Waals surface area contributed by atoms with E-state index >= 15 is 0 Å². The van der Waals surface area contributed by atoms with Gasteiger partial charge in [0.15, 0.2) is 18.1 Å². The number of hydrogen-bond acceptors (Lipinski definition) is 7. The quantitative estimate of drug-likeness (QED) is 0.532. The zero-order chi connectivity index (χ0) is 22.4. The molecule has 0 saturated heterocycles. The maximum Gasteiger partial charge on any atom is 0.176 e. The molecule has 0 aliphatic carbocycles. The second kappa shape index (κ2) is 9.49. The number of nitrogen functional groups attached to an aromatic ring is 1. The predicted octanol–water partition coefficient (Wildman–Crippen LogP) is 4.06.